The van der Waals surface area contributed by atoms with Crippen molar-refractivity contribution in [1.82, 2.24) is 5.32 Å². The lowest BCUT2D eigenvalue weighted by molar-refractivity contribution is 0.171. The largest absolute Gasteiger partial charge is 0.385 e. The maximum atomic E-state index is 5.20. The third-order valence-electron chi connectivity index (χ3n) is 4.05. The molecule has 1 aliphatic rings. The summed E-state index contributed by atoms with van der Waals surface area (Å²) in [6.07, 6.45) is 3.91. The summed E-state index contributed by atoms with van der Waals surface area (Å²) in [5, 5.41) is 8.03. The lowest BCUT2D eigenvalue weighted by Gasteiger charge is -2.14. The molecular formula is C16H21NOS2. The van der Waals surface area contributed by atoms with Gasteiger partial charge in [-0.15, -0.1) is 22.7 Å². The second-order valence-corrected chi connectivity index (χ2v) is 7.57. The average molecular weight is 307 g/mol. The molecule has 1 fully saturated rings. The van der Waals surface area contributed by atoms with Crippen molar-refractivity contribution in [2.75, 3.05) is 20.3 Å². The fraction of sp³-hybridized carbons (Fsp3) is 0.500. The van der Waals surface area contributed by atoms with E-state index in [1.807, 2.05) is 22.7 Å². The summed E-state index contributed by atoms with van der Waals surface area (Å²) in [5.41, 5.74) is 1.89. The molecule has 4 heteroatoms. The maximum absolute atomic E-state index is 5.20. The molecule has 0 atom stereocenters. The van der Waals surface area contributed by atoms with Crippen LogP contribution in [0.15, 0.2) is 29.0 Å². The zero-order chi connectivity index (χ0) is 13.8. The zero-order valence-electron chi connectivity index (χ0n) is 11.9. The summed E-state index contributed by atoms with van der Waals surface area (Å²) in [6, 6.07) is 6.62. The first-order chi connectivity index (χ1) is 9.81. The van der Waals surface area contributed by atoms with Crippen LogP contribution in [-0.4, -0.2) is 20.3 Å². The molecule has 0 amide bonds. The Labute approximate surface area is 128 Å². The minimum atomic E-state index is 0.532. The molecule has 0 aliphatic heterocycles. The predicted octanol–water partition coefficient (Wildman–Crippen LogP) is 4.38. The van der Waals surface area contributed by atoms with E-state index in [0.717, 1.165) is 19.7 Å². The Hall–Kier alpha value is -0.680. The molecule has 1 N–H and O–H groups in total. The normalized spacial score (nSPS) is 16.4. The first-order valence-electron chi connectivity index (χ1n) is 7.12. The van der Waals surface area contributed by atoms with Crippen LogP contribution in [0.2, 0.25) is 0 Å². The molecule has 1 saturated carbocycles. The second-order valence-electron chi connectivity index (χ2n) is 5.63. The third-order valence-corrected chi connectivity index (χ3v) is 5.91. The van der Waals surface area contributed by atoms with E-state index in [1.165, 1.54) is 34.6 Å². The molecule has 0 unspecified atom stereocenters. The van der Waals surface area contributed by atoms with Crippen molar-refractivity contribution in [3.05, 3.63) is 33.8 Å². The highest BCUT2D eigenvalue weighted by Crippen LogP contribution is 2.48. The van der Waals surface area contributed by atoms with Crippen molar-refractivity contribution in [2.24, 2.45) is 5.41 Å². The Balaban J connectivity index is 1.47. The summed E-state index contributed by atoms with van der Waals surface area (Å²) in [7, 11) is 1.79. The van der Waals surface area contributed by atoms with Gasteiger partial charge in [0.25, 0.3) is 0 Å². The number of hydrogen-bond donors (Lipinski definition) is 1. The van der Waals surface area contributed by atoms with Crippen LogP contribution in [0.5, 0.6) is 0 Å². The smallest absolute Gasteiger partial charge is 0.0468 e. The highest BCUT2D eigenvalue weighted by atomic mass is 32.1. The van der Waals surface area contributed by atoms with E-state index in [4.69, 9.17) is 4.74 Å². The summed E-state index contributed by atoms with van der Waals surface area (Å²) in [6.45, 7) is 3.01. The Morgan fingerprint density at radius 2 is 2.25 bits per heavy atom. The minimum absolute atomic E-state index is 0.532. The Morgan fingerprint density at radius 1 is 1.35 bits per heavy atom. The first-order valence-corrected chi connectivity index (χ1v) is 8.88. The van der Waals surface area contributed by atoms with Crippen molar-refractivity contribution in [1.29, 1.82) is 0 Å². The molecule has 0 radical (unpaired) electrons. The number of ether oxygens (including phenoxy) is 1. The summed E-state index contributed by atoms with van der Waals surface area (Å²) < 4.78 is 5.20. The van der Waals surface area contributed by atoms with Crippen LogP contribution in [0.1, 0.15) is 24.1 Å². The van der Waals surface area contributed by atoms with Gasteiger partial charge in [0.05, 0.1) is 0 Å². The molecule has 2 aromatic rings. The van der Waals surface area contributed by atoms with Gasteiger partial charge in [-0.2, -0.15) is 0 Å². The lowest BCUT2D eigenvalue weighted by Crippen LogP contribution is -2.24. The molecule has 108 valence electrons. The molecule has 0 saturated heterocycles. The Kier molecular flexibility index (Phi) is 4.56. The average Bonchev–Trinajstić information content (AvgIpc) is 2.88. The molecule has 3 rings (SSSR count). The minimum Gasteiger partial charge on any atom is -0.385 e. The topological polar surface area (TPSA) is 21.3 Å². The second kappa shape index (κ2) is 6.39. The standard InChI is InChI=1S/C16H21NOS2/c1-18-7-6-16(4-5-16)12-17-10-14-9-13(11-20-14)15-3-2-8-19-15/h2-3,8-9,11,17H,4-7,10,12H2,1H3. The van der Waals surface area contributed by atoms with Crippen LogP contribution in [0, 0.1) is 5.41 Å². The van der Waals surface area contributed by atoms with Crippen LogP contribution in [0.4, 0.5) is 0 Å². The van der Waals surface area contributed by atoms with Crippen molar-refractivity contribution >= 4 is 22.7 Å². The van der Waals surface area contributed by atoms with Gasteiger partial charge in [0.15, 0.2) is 0 Å². The monoisotopic (exact) mass is 307 g/mol. The molecule has 2 aromatic heterocycles. The molecule has 0 spiro atoms. The first kappa shape index (κ1) is 14.3. The van der Waals surface area contributed by atoms with E-state index < -0.39 is 0 Å². The molecule has 0 bridgehead atoms. The molecule has 2 nitrogen and oxygen atoms in total. The van der Waals surface area contributed by atoms with E-state index in [9.17, 15) is 0 Å². The van der Waals surface area contributed by atoms with Crippen LogP contribution in [-0.2, 0) is 11.3 Å². The Bertz CT molecular complexity index is 528. The molecule has 20 heavy (non-hydrogen) atoms. The van der Waals surface area contributed by atoms with Gasteiger partial charge in [-0.25, -0.2) is 0 Å². The highest BCUT2D eigenvalue weighted by Gasteiger charge is 2.41. The maximum Gasteiger partial charge on any atom is 0.0468 e. The molecule has 2 heterocycles. The number of nitrogens with one attached hydrogen (secondary N) is 1. The van der Waals surface area contributed by atoms with Crippen LogP contribution in [0.25, 0.3) is 10.4 Å². The van der Waals surface area contributed by atoms with Crippen molar-refractivity contribution in [2.45, 2.75) is 25.8 Å². The van der Waals surface area contributed by atoms with Gasteiger partial charge in [-0.05, 0) is 47.6 Å². The lowest BCUT2D eigenvalue weighted by atomic mass is 10.0. The molecule has 1 aliphatic carbocycles. The third kappa shape index (κ3) is 3.50. The van der Waals surface area contributed by atoms with Crippen molar-refractivity contribution in [3.8, 4) is 10.4 Å². The fourth-order valence-electron chi connectivity index (χ4n) is 2.51. The van der Waals surface area contributed by atoms with Gasteiger partial charge in [0, 0.05) is 42.1 Å². The van der Waals surface area contributed by atoms with E-state index in [2.05, 4.69) is 34.3 Å². The summed E-state index contributed by atoms with van der Waals surface area (Å²) in [4.78, 5) is 2.79. The van der Waals surface area contributed by atoms with Gasteiger partial charge >= 0.3 is 0 Å². The SMILES string of the molecule is COCCC1(CNCc2cc(-c3cccs3)cs2)CC1. The number of hydrogen-bond acceptors (Lipinski definition) is 4. The van der Waals surface area contributed by atoms with Crippen LogP contribution >= 0.6 is 22.7 Å². The van der Waals surface area contributed by atoms with Gasteiger partial charge in [0.1, 0.15) is 0 Å². The summed E-state index contributed by atoms with van der Waals surface area (Å²) >= 11 is 3.67. The van der Waals surface area contributed by atoms with Gasteiger partial charge in [-0.3, -0.25) is 0 Å². The van der Waals surface area contributed by atoms with E-state index in [-0.39, 0.29) is 0 Å². The summed E-state index contributed by atoms with van der Waals surface area (Å²) in [5.74, 6) is 0. The quantitative estimate of drug-likeness (QED) is 0.781. The van der Waals surface area contributed by atoms with E-state index in [1.54, 1.807) is 7.11 Å². The predicted molar refractivity (Wildman–Crippen MR) is 87.5 cm³/mol. The van der Waals surface area contributed by atoms with Gasteiger partial charge in [-0.1, -0.05) is 6.07 Å². The van der Waals surface area contributed by atoms with E-state index >= 15 is 0 Å². The number of thiophene rings is 2. The van der Waals surface area contributed by atoms with Crippen LogP contribution in [0.3, 0.4) is 0 Å². The molecular weight excluding hydrogens is 286 g/mol. The molecule has 0 aromatic carbocycles. The van der Waals surface area contributed by atoms with Gasteiger partial charge in [0.2, 0.25) is 0 Å². The Morgan fingerprint density at radius 3 is 2.95 bits per heavy atom. The fourth-order valence-corrected chi connectivity index (χ4v) is 4.15. The number of methoxy groups -OCH3 is 1. The van der Waals surface area contributed by atoms with Crippen LogP contribution < -0.4 is 5.32 Å². The van der Waals surface area contributed by atoms with Gasteiger partial charge < -0.3 is 10.1 Å². The van der Waals surface area contributed by atoms with E-state index in [0.29, 0.717) is 5.41 Å². The zero-order valence-corrected chi connectivity index (χ0v) is 13.5. The van der Waals surface area contributed by atoms with Crippen molar-refractivity contribution < 1.29 is 4.74 Å². The highest BCUT2D eigenvalue weighted by molar-refractivity contribution is 7.14. The number of rotatable bonds is 8. The van der Waals surface area contributed by atoms with Crippen molar-refractivity contribution in [3.63, 3.8) is 0 Å².